The number of hydrogen-bond donors (Lipinski definition) is 3. The van der Waals surface area contributed by atoms with Crippen molar-refractivity contribution >= 4 is 23.8 Å². The number of hydrazone groups is 1. The molecule has 1 heterocycles. The molecule has 4 rings (SSSR count). The number of aromatic amines is 1. The number of H-pyrrole nitrogens is 1. The Morgan fingerprint density at radius 1 is 1.05 bits per heavy atom. The van der Waals surface area contributed by atoms with Gasteiger partial charge in [-0.05, 0) is 42.8 Å². The predicted octanol–water partition coefficient (Wildman–Crippen LogP) is 4.18. The molecule has 202 valence electrons. The molecule has 11 heteroatoms. The number of carbonyl (C=O) groups is 1. The van der Waals surface area contributed by atoms with E-state index >= 15 is 0 Å². The van der Waals surface area contributed by atoms with Crippen molar-refractivity contribution in [2.24, 2.45) is 5.10 Å². The number of rotatable bonds is 11. The molecule has 0 aliphatic heterocycles. The number of nitrogens with zero attached hydrogens (tertiary/aromatic N) is 3. The van der Waals surface area contributed by atoms with E-state index < -0.39 is 5.56 Å². The first-order valence-electron chi connectivity index (χ1n) is 12.2. The van der Waals surface area contributed by atoms with Gasteiger partial charge in [0.25, 0.3) is 11.5 Å². The lowest BCUT2D eigenvalue weighted by Crippen LogP contribution is -2.20. The summed E-state index contributed by atoms with van der Waals surface area (Å²) in [4.78, 5) is 31.7. The van der Waals surface area contributed by atoms with Crippen molar-refractivity contribution in [2.45, 2.75) is 6.92 Å². The number of methoxy groups -OCH3 is 1. The third kappa shape index (κ3) is 6.81. The summed E-state index contributed by atoms with van der Waals surface area (Å²) >= 11 is 0. The van der Waals surface area contributed by atoms with Gasteiger partial charge in [-0.1, -0.05) is 42.5 Å². The Balaban J connectivity index is 1.45. The number of benzene rings is 3. The summed E-state index contributed by atoms with van der Waals surface area (Å²) in [6, 6.07) is 23.0. The van der Waals surface area contributed by atoms with Crippen LogP contribution in [0.3, 0.4) is 0 Å². The minimum atomic E-state index is -0.580. The number of aromatic nitrogens is 2. The Morgan fingerprint density at radius 3 is 2.58 bits per heavy atom. The Bertz CT molecular complexity index is 1610. The number of anilines is 2. The fourth-order valence-electron chi connectivity index (χ4n) is 3.67. The van der Waals surface area contributed by atoms with Gasteiger partial charge in [0.1, 0.15) is 17.4 Å². The van der Waals surface area contributed by atoms with Crippen molar-refractivity contribution in [3.8, 4) is 34.6 Å². The molecule has 0 bridgehead atoms. The number of para-hydroxylation sites is 2. The van der Waals surface area contributed by atoms with Crippen molar-refractivity contribution in [3.05, 3.63) is 94.3 Å². The summed E-state index contributed by atoms with van der Waals surface area (Å²) in [6.45, 7) is 1.97. The monoisotopic (exact) mass is 538 g/mol. The zero-order valence-electron chi connectivity index (χ0n) is 21.8. The lowest BCUT2D eigenvalue weighted by Gasteiger charge is -2.13. The first-order valence-corrected chi connectivity index (χ1v) is 12.2. The van der Waals surface area contributed by atoms with Crippen LogP contribution in [0.4, 0.5) is 11.6 Å². The van der Waals surface area contributed by atoms with Crippen molar-refractivity contribution in [1.29, 1.82) is 5.26 Å². The van der Waals surface area contributed by atoms with E-state index in [1.54, 1.807) is 60.7 Å². The number of ether oxygens (including phenoxy) is 3. The maximum atomic E-state index is 12.4. The van der Waals surface area contributed by atoms with E-state index in [2.05, 4.69) is 25.8 Å². The zero-order chi connectivity index (χ0) is 28.3. The van der Waals surface area contributed by atoms with E-state index in [0.717, 1.165) is 0 Å². The maximum Gasteiger partial charge on any atom is 0.270 e. The van der Waals surface area contributed by atoms with Crippen LogP contribution in [-0.4, -0.2) is 42.4 Å². The third-order valence-electron chi connectivity index (χ3n) is 5.47. The molecule has 0 fully saturated rings. The van der Waals surface area contributed by atoms with Crippen molar-refractivity contribution in [2.75, 3.05) is 31.1 Å². The van der Waals surface area contributed by atoms with Crippen LogP contribution in [0, 0.1) is 11.3 Å². The summed E-state index contributed by atoms with van der Waals surface area (Å²) < 4.78 is 16.6. The quantitative estimate of drug-likeness (QED) is 0.190. The van der Waals surface area contributed by atoms with Gasteiger partial charge in [-0.3, -0.25) is 14.6 Å². The highest BCUT2D eigenvalue weighted by atomic mass is 16.5. The number of carbonyl (C=O) groups excluding carboxylic acids is 1. The minimum Gasteiger partial charge on any atom is -0.495 e. The molecule has 1 amide bonds. The van der Waals surface area contributed by atoms with E-state index in [0.29, 0.717) is 40.7 Å². The van der Waals surface area contributed by atoms with Gasteiger partial charge >= 0.3 is 0 Å². The summed E-state index contributed by atoms with van der Waals surface area (Å²) in [6.07, 6.45) is 1.50. The van der Waals surface area contributed by atoms with Gasteiger partial charge in [-0.2, -0.15) is 10.4 Å². The van der Waals surface area contributed by atoms with E-state index in [-0.39, 0.29) is 29.7 Å². The largest absolute Gasteiger partial charge is 0.495 e. The maximum absolute atomic E-state index is 12.4. The summed E-state index contributed by atoms with van der Waals surface area (Å²) in [5, 5.41) is 16.3. The van der Waals surface area contributed by atoms with Gasteiger partial charge < -0.3 is 19.5 Å². The lowest BCUT2D eigenvalue weighted by atomic mass is 10.1. The van der Waals surface area contributed by atoms with Crippen molar-refractivity contribution in [1.82, 2.24) is 9.97 Å². The molecule has 3 N–H and O–H groups in total. The molecule has 0 saturated heterocycles. The predicted molar refractivity (Wildman–Crippen MR) is 151 cm³/mol. The highest BCUT2D eigenvalue weighted by Gasteiger charge is 2.13. The second kappa shape index (κ2) is 13.3. The Labute approximate surface area is 230 Å². The first-order chi connectivity index (χ1) is 19.5. The van der Waals surface area contributed by atoms with E-state index in [1.807, 2.05) is 25.1 Å². The van der Waals surface area contributed by atoms with Gasteiger partial charge in [-0.15, -0.1) is 0 Å². The molecule has 11 nitrogen and oxygen atoms in total. The second-order valence-electron chi connectivity index (χ2n) is 8.16. The fourth-order valence-corrected chi connectivity index (χ4v) is 3.67. The van der Waals surface area contributed by atoms with Crippen LogP contribution >= 0.6 is 0 Å². The molecule has 0 radical (unpaired) electrons. The molecule has 0 aliphatic carbocycles. The molecule has 0 atom stereocenters. The lowest BCUT2D eigenvalue weighted by molar-refractivity contribution is -0.118. The van der Waals surface area contributed by atoms with Gasteiger partial charge in [0, 0.05) is 5.56 Å². The molecule has 4 aromatic rings. The van der Waals surface area contributed by atoms with Crippen LogP contribution in [-0.2, 0) is 4.79 Å². The normalized spacial score (nSPS) is 10.5. The second-order valence-corrected chi connectivity index (χ2v) is 8.16. The van der Waals surface area contributed by atoms with Gasteiger partial charge in [0.05, 0.1) is 31.3 Å². The third-order valence-corrected chi connectivity index (χ3v) is 5.47. The number of amides is 1. The van der Waals surface area contributed by atoms with Crippen LogP contribution in [0.25, 0.3) is 11.3 Å². The minimum absolute atomic E-state index is 0.0742. The summed E-state index contributed by atoms with van der Waals surface area (Å²) in [5.74, 6) is 1.06. The molecular weight excluding hydrogens is 512 g/mol. The van der Waals surface area contributed by atoms with Gasteiger partial charge in [-0.25, -0.2) is 10.4 Å². The van der Waals surface area contributed by atoms with E-state index in [4.69, 9.17) is 14.2 Å². The number of nitriles is 1. The average molecular weight is 539 g/mol. The van der Waals surface area contributed by atoms with Crippen LogP contribution < -0.4 is 30.5 Å². The molecule has 0 spiro atoms. The molecule has 40 heavy (non-hydrogen) atoms. The van der Waals surface area contributed by atoms with Crippen molar-refractivity contribution < 1.29 is 19.0 Å². The molecule has 0 unspecified atom stereocenters. The van der Waals surface area contributed by atoms with Crippen LogP contribution in [0.15, 0.2) is 82.7 Å². The van der Waals surface area contributed by atoms with Gasteiger partial charge in [0.2, 0.25) is 5.95 Å². The summed E-state index contributed by atoms with van der Waals surface area (Å²) in [7, 11) is 1.53. The van der Waals surface area contributed by atoms with E-state index in [9.17, 15) is 14.9 Å². The zero-order valence-corrected chi connectivity index (χ0v) is 21.8. The molecule has 3 aromatic carbocycles. The molecule has 0 aliphatic rings. The Kier molecular flexibility index (Phi) is 9.08. The SMILES string of the molecule is CCOc1cc(C=NNc2nc(-c3ccccc3)c(C#N)c(=O)[nH]2)ccc1OCC(=O)Nc1ccccc1OC. The topological polar surface area (TPSA) is 151 Å². The highest BCUT2D eigenvalue weighted by Crippen LogP contribution is 2.28. The van der Waals surface area contributed by atoms with Crippen LogP contribution in [0.2, 0.25) is 0 Å². The molecule has 0 saturated carbocycles. The Morgan fingerprint density at radius 2 is 1.82 bits per heavy atom. The highest BCUT2D eigenvalue weighted by molar-refractivity contribution is 5.93. The first kappa shape index (κ1) is 27.4. The number of hydrogen-bond acceptors (Lipinski definition) is 9. The van der Waals surface area contributed by atoms with Crippen molar-refractivity contribution in [3.63, 3.8) is 0 Å². The standard InChI is InChI=1S/C29H26N6O5/c1-3-39-25-15-19(13-14-24(25)40-18-26(36)32-22-11-7-8-12-23(22)38-2)17-31-35-29-33-27(20-9-5-4-6-10-20)21(16-30)28(37)34-29/h4-15,17H,3,18H2,1-2H3,(H,32,36)(H2,33,34,35,37). The van der Waals surface area contributed by atoms with Crippen LogP contribution in [0.5, 0.6) is 17.2 Å². The summed E-state index contributed by atoms with van der Waals surface area (Å²) in [5.41, 5.74) is 4.10. The molecular formula is C29H26N6O5. The smallest absolute Gasteiger partial charge is 0.270 e. The average Bonchev–Trinajstić information content (AvgIpc) is 2.97. The van der Waals surface area contributed by atoms with Gasteiger partial charge in [0.15, 0.2) is 18.1 Å². The van der Waals surface area contributed by atoms with E-state index in [1.165, 1.54) is 13.3 Å². The fraction of sp³-hybridized carbons (Fsp3) is 0.138. The molecule has 1 aromatic heterocycles. The number of nitrogens with one attached hydrogen (secondary N) is 3. The van der Waals surface area contributed by atoms with Crippen LogP contribution in [0.1, 0.15) is 18.1 Å². The Hall–Kier alpha value is -5.63.